The maximum Gasteiger partial charge on any atom is 0.220 e. The number of aromatic hydroxyl groups is 1. The van der Waals surface area contributed by atoms with Crippen molar-refractivity contribution in [1.82, 2.24) is 9.78 Å². The van der Waals surface area contributed by atoms with Crippen LogP contribution in [0.5, 0.6) is 5.88 Å². The highest BCUT2D eigenvalue weighted by atomic mass is 35.5. The molecule has 0 bridgehead atoms. The smallest absolute Gasteiger partial charge is 0.220 e. The zero-order valence-electron chi connectivity index (χ0n) is 12.1. The van der Waals surface area contributed by atoms with Crippen molar-refractivity contribution < 1.29 is 18.3 Å². The number of rotatable bonds is 4. The van der Waals surface area contributed by atoms with Crippen LogP contribution in [0.3, 0.4) is 0 Å². The maximum absolute atomic E-state index is 12.5. The average Bonchev–Trinajstić information content (AvgIpc) is 2.77. The van der Waals surface area contributed by atoms with Crippen LogP contribution >= 0.6 is 11.6 Å². The number of hydrogen-bond acceptors (Lipinski definition) is 6. The van der Waals surface area contributed by atoms with Crippen LogP contribution < -0.4 is 5.32 Å². The number of nitrogens with one attached hydrogen (secondary N) is 1. The van der Waals surface area contributed by atoms with Gasteiger partial charge in [-0.05, 0) is 12.1 Å². The number of sulfone groups is 1. The van der Waals surface area contributed by atoms with Gasteiger partial charge in [-0.25, -0.2) is 13.1 Å². The lowest BCUT2D eigenvalue weighted by Crippen LogP contribution is -2.08. The van der Waals surface area contributed by atoms with Crippen molar-refractivity contribution in [2.75, 3.05) is 18.6 Å². The van der Waals surface area contributed by atoms with Gasteiger partial charge in [0.25, 0.3) is 0 Å². The summed E-state index contributed by atoms with van der Waals surface area (Å²) in [5.41, 5.74) is 0.193. The number of anilines is 1. The highest BCUT2D eigenvalue weighted by molar-refractivity contribution is 7.90. The minimum Gasteiger partial charge on any atom is -0.493 e. The Morgan fingerprint density at radius 1 is 1.36 bits per heavy atom. The highest BCUT2D eigenvalue weighted by Gasteiger charge is 2.24. The topological polar surface area (TPSA) is 101 Å². The molecule has 1 aromatic carbocycles. The van der Waals surface area contributed by atoms with E-state index in [9.17, 15) is 18.3 Å². The van der Waals surface area contributed by atoms with E-state index in [-0.39, 0.29) is 32.6 Å². The Hall–Kier alpha value is -2.06. The molecule has 0 saturated carbocycles. The third-order valence-corrected chi connectivity index (χ3v) is 4.68. The minimum atomic E-state index is -3.50. The molecule has 0 aliphatic heterocycles. The molecule has 0 unspecified atom stereocenters. The first kappa shape index (κ1) is 16.3. The van der Waals surface area contributed by atoms with Gasteiger partial charge >= 0.3 is 0 Å². The molecule has 0 aliphatic carbocycles. The number of aryl methyl sites for hydroxylation is 1. The number of benzene rings is 1. The van der Waals surface area contributed by atoms with Crippen LogP contribution in [0.15, 0.2) is 23.2 Å². The fourth-order valence-electron chi connectivity index (χ4n) is 2.01. The van der Waals surface area contributed by atoms with Crippen LogP contribution in [0.25, 0.3) is 0 Å². The molecular weight excluding hydrogens is 330 g/mol. The van der Waals surface area contributed by atoms with Gasteiger partial charge in [-0.3, -0.25) is 4.79 Å². The molecule has 2 rings (SSSR count). The van der Waals surface area contributed by atoms with Crippen LogP contribution in [0.1, 0.15) is 15.9 Å². The molecule has 2 aromatic rings. The lowest BCUT2D eigenvalue weighted by Gasteiger charge is -2.12. The second kappa shape index (κ2) is 5.62. The Kier molecular flexibility index (Phi) is 4.17. The molecule has 22 heavy (non-hydrogen) atoms. The van der Waals surface area contributed by atoms with Gasteiger partial charge in [0, 0.05) is 25.9 Å². The summed E-state index contributed by atoms with van der Waals surface area (Å²) in [7, 11) is -0.512. The number of carbonyl (C=O) groups excluding carboxylic acids is 1. The lowest BCUT2D eigenvalue weighted by atomic mass is 10.1. The van der Waals surface area contributed by atoms with E-state index >= 15 is 0 Å². The van der Waals surface area contributed by atoms with Crippen molar-refractivity contribution in [3.63, 3.8) is 0 Å². The van der Waals surface area contributed by atoms with E-state index in [1.807, 2.05) is 0 Å². The van der Waals surface area contributed by atoms with E-state index in [1.54, 1.807) is 0 Å². The fourth-order valence-corrected chi connectivity index (χ4v) is 3.30. The number of hydrogen-bond donors (Lipinski definition) is 2. The fraction of sp³-hybridized carbons (Fsp3) is 0.231. The number of aromatic nitrogens is 2. The summed E-state index contributed by atoms with van der Waals surface area (Å²) >= 11 is 6.17. The van der Waals surface area contributed by atoms with Gasteiger partial charge in [0.1, 0.15) is 5.56 Å². The Bertz CT molecular complexity index is 858. The summed E-state index contributed by atoms with van der Waals surface area (Å²) in [5.74, 6) is -0.841. The Morgan fingerprint density at radius 2 is 2.00 bits per heavy atom. The number of ketones is 1. The van der Waals surface area contributed by atoms with Crippen LogP contribution in [0.2, 0.25) is 5.02 Å². The molecule has 0 amide bonds. The zero-order valence-corrected chi connectivity index (χ0v) is 13.7. The third-order valence-electron chi connectivity index (χ3n) is 3.15. The summed E-state index contributed by atoms with van der Waals surface area (Å²) in [6.45, 7) is 0. The number of halogens is 1. The molecule has 1 heterocycles. The molecule has 9 heteroatoms. The summed E-state index contributed by atoms with van der Waals surface area (Å²) in [6, 6.07) is 2.61. The first-order valence-corrected chi connectivity index (χ1v) is 8.41. The van der Waals surface area contributed by atoms with Gasteiger partial charge in [0.15, 0.2) is 9.84 Å². The van der Waals surface area contributed by atoms with Gasteiger partial charge < -0.3 is 10.4 Å². The second-order valence-corrected chi connectivity index (χ2v) is 7.02. The van der Waals surface area contributed by atoms with Gasteiger partial charge in [-0.2, -0.15) is 5.10 Å². The third kappa shape index (κ3) is 2.67. The van der Waals surface area contributed by atoms with Crippen LogP contribution in [0, 0.1) is 0 Å². The largest absolute Gasteiger partial charge is 0.493 e. The van der Waals surface area contributed by atoms with Crippen molar-refractivity contribution >= 4 is 32.9 Å². The minimum absolute atomic E-state index is 0.00745. The molecule has 7 nitrogen and oxygen atoms in total. The molecule has 0 aliphatic rings. The quantitative estimate of drug-likeness (QED) is 0.815. The van der Waals surface area contributed by atoms with Crippen LogP contribution in [0.4, 0.5) is 5.69 Å². The first-order chi connectivity index (χ1) is 10.2. The van der Waals surface area contributed by atoms with Crippen molar-refractivity contribution in [3.8, 4) is 5.88 Å². The van der Waals surface area contributed by atoms with Crippen LogP contribution in [-0.4, -0.2) is 42.4 Å². The Morgan fingerprint density at radius 3 is 2.45 bits per heavy atom. The molecular formula is C13H14ClN3O4S. The monoisotopic (exact) mass is 343 g/mol. The predicted octanol–water partition coefficient (Wildman–Crippen LogP) is 1.46. The van der Waals surface area contributed by atoms with E-state index in [2.05, 4.69) is 10.4 Å². The predicted molar refractivity (Wildman–Crippen MR) is 82.4 cm³/mol. The standard InChI is InChI=1S/C13H14ClN3O4S/c1-15-11-9(22(3,20)21)5-4-7(10(11)14)12(18)8-6-16-17(2)13(8)19/h4-6,15,19H,1-3H3. The molecule has 0 spiro atoms. The van der Waals surface area contributed by atoms with Crippen molar-refractivity contribution in [3.05, 3.63) is 34.5 Å². The molecule has 0 atom stereocenters. The normalized spacial score (nSPS) is 11.5. The zero-order chi connectivity index (χ0) is 16.7. The molecule has 0 saturated heterocycles. The van der Waals surface area contributed by atoms with Gasteiger partial charge in [0.05, 0.1) is 21.8 Å². The highest BCUT2D eigenvalue weighted by Crippen LogP contribution is 2.34. The molecule has 118 valence electrons. The van der Waals surface area contributed by atoms with Crippen molar-refractivity contribution in [2.24, 2.45) is 7.05 Å². The van der Waals surface area contributed by atoms with Crippen molar-refractivity contribution in [1.29, 1.82) is 0 Å². The summed E-state index contributed by atoms with van der Waals surface area (Å²) in [5, 5.41) is 16.2. The van der Waals surface area contributed by atoms with Crippen LogP contribution in [-0.2, 0) is 16.9 Å². The maximum atomic E-state index is 12.5. The molecule has 2 N–H and O–H groups in total. The van der Waals surface area contributed by atoms with Gasteiger partial charge in [0.2, 0.25) is 11.7 Å². The van der Waals surface area contributed by atoms with E-state index in [1.165, 1.54) is 32.4 Å². The van der Waals surface area contributed by atoms with E-state index < -0.39 is 15.6 Å². The van der Waals surface area contributed by atoms with E-state index in [0.717, 1.165) is 10.9 Å². The number of carbonyl (C=O) groups is 1. The van der Waals surface area contributed by atoms with Gasteiger partial charge in [-0.15, -0.1) is 0 Å². The van der Waals surface area contributed by atoms with Crippen molar-refractivity contribution in [2.45, 2.75) is 4.90 Å². The Balaban J connectivity index is 2.63. The summed E-state index contributed by atoms with van der Waals surface area (Å²) in [4.78, 5) is 12.4. The number of nitrogens with zero attached hydrogens (tertiary/aromatic N) is 2. The van der Waals surface area contributed by atoms with Gasteiger partial charge in [-0.1, -0.05) is 11.6 Å². The second-order valence-electron chi connectivity index (χ2n) is 4.66. The molecule has 0 radical (unpaired) electrons. The van der Waals surface area contributed by atoms with E-state index in [0.29, 0.717) is 0 Å². The summed E-state index contributed by atoms with van der Waals surface area (Å²) < 4.78 is 24.6. The SMILES string of the molecule is CNc1c(S(C)(=O)=O)ccc(C(=O)c2cnn(C)c2O)c1Cl. The summed E-state index contributed by atoms with van der Waals surface area (Å²) in [6.07, 6.45) is 2.27. The lowest BCUT2D eigenvalue weighted by molar-refractivity contribution is 0.103. The Labute approximate surface area is 132 Å². The first-order valence-electron chi connectivity index (χ1n) is 6.14. The molecule has 0 fully saturated rings. The average molecular weight is 344 g/mol. The van der Waals surface area contributed by atoms with E-state index in [4.69, 9.17) is 11.6 Å². The molecule has 1 aromatic heterocycles.